The van der Waals surface area contributed by atoms with Crippen LogP contribution in [0, 0.1) is 22.7 Å². The lowest BCUT2D eigenvalue weighted by Gasteiger charge is -2.69. The van der Waals surface area contributed by atoms with Crippen molar-refractivity contribution >= 4 is 10.9 Å². The monoisotopic (exact) mass is 533 g/mol. The highest BCUT2D eigenvalue weighted by atomic mass is 16.7. The molecule has 8 rings (SSSR count). The highest BCUT2D eigenvalue weighted by Gasteiger charge is 2.87. The summed E-state index contributed by atoms with van der Waals surface area (Å²) in [6, 6.07) is 8.57. The Balaban J connectivity index is 1.25. The first-order valence-corrected chi connectivity index (χ1v) is 15.0. The number of allylic oxidation sites excluding steroid dienone is 1. The molecule has 1 aromatic heterocycles. The molecule has 2 saturated heterocycles. The molecule has 2 aromatic rings. The Labute approximate surface area is 231 Å². The van der Waals surface area contributed by atoms with Gasteiger partial charge in [-0.05, 0) is 89.3 Å². The third-order valence-electron chi connectivity index (χ3n) is 12.7. The maximum absolute atomic E-state index is 13.2. The van der Waals surface area contributed by atoms with Crippen molar-refractivity contribution in [2.75, 3.05) is 0 Å². The van der Waals surface area contributed by atoms with Crippen LogP contribution in [0.2, 0.25) is 0 Å². The fraction of sp³-hybridized carbons (Fsp3) is 0.697. The number of aromatic nitrogens is 1. The first-order chi connectivity index (χ1) is 18.4. The third kappa shape index (κ3) is 2.68. The van der Waals surface area contributed by atoms with Crippen LogP contribution < -0.4 is 0 Å². The van der Waals surface area contributed by atoms with Crippen LogP contribution in [-0.2, 0) is 26.0 Å². The van der Waals surface area contributed by atoms with Gasteiger partial charge in [0.2, 0.25) is 0 Å². The molecule has 39 heavy (non-hydrogen) atoms. The Bertz CT molecular complexity index is 1410. The van der Waals surface area contributed by atoms with Crippen molar-refractivity contribution in [3.05, 3.63) is 47.2 Å². The molecule has 1 spiro atoms. The fourth-order valence-corrected chi connectivity index (χ4v) is 10.8. The maximum atomic E-state index is 13.2. The molecule has 3 N–H and O–H groups in total. The molecule has 6 nitrogen and oxygen atoms in total. The van der Waals surface area contributed by atoms with Gasteiger partial charge in [0, 0.05) is 32.8 Å². The molecular weight excluding hydrogens is 490 g/mol. The molecule has 2 aliphatic heterocycles. The zero-order valence-corrected chi connectivity index (χ0v) is 24.1. The second kappa shape index (κ2) is 7.38. The van der Waals surface area contributed by atoms with Crippen LogP contribution in [0.1, 0.15) is 78.5 Å². The van der Waals surface area contributed by atoms with E-state index < -0.39 is 34.4 Å². The van der Waals surface area contributed by atoms with Gasteiger partial charge in [-0.15, -0.1) is 0 Å². The second-order valence-electron chi connectivity index (χ2n) is 14.8. The molecule has 6 heteroatoms. The van der Waals surface area contributed by atoms with E-state index in [1.807, 2.05) is 6.08 Å². The smallest absolute Gasteiger partial charge is 0.178 e. The van der Waals surface area contributed by atoms with E-state index in [2.05, 4.69) is 70.8 Å². The normalized spacial score (nSPS) is 50.6. The minimum absolute atomic E-state index is 0.119. The van der Waals surface area contributed by atoms with Crippen molar-refractivity contribution in [1.82, 2.24) is 4.98 Å². The average molecular weight is 534 g/mol. The average Bonchev–Trinajstić information content (AvgIpc) is 3.45. The lowest BCUT2D eigenvalue weighted by atomic mass is 9.39. The Hall–Kier alpha value is -1.70. The molecule has 0 unspecified atom stereocenters. The Morgan fingerprint density at radius 2 is 1.87 bits per heavy atom. The summed E-state index contributed by atoms with van der Waals surface area (Å²) in [7, 11) is 0. The lowest BCUT2D eigenvalue weighted by Crippen LogP contribution is -2.78. The number of fused-ring (bicyclic) bond motifs is 9. The van der Waals surface area contributed by atoms with E-state index in [4.69, 9.17) is 14.2 Å². The van der Waals surface area contributed by atoms with E-state index in [0.29, 0.717) is 6.42 Å². The number of hydrogen-bond donors (Lipinski definition) is 3. The summed E-state index contributed by atoms with van der Waals surface area (Å²) in [6.45, 7) is 13.0. The highest BCUT2D eigenvalue weighted by molar-refractivity contribution is 5.86. The van der Waals surface area contributed by atoms with E-state index in [1.165, 1.54) is 22.2 Å². The summed E-state index contributed by atoms with van der Waals surface area (Å²) < 4.78 is 19.9. The van der Waals surface area contributed by atoms with Gasteiger partial charge < -0.3 is 29.4 Å². The van der Waals surface area contributed by atoms with E-state index in [-0.39, 0.29) is 35.6 Å². The van der Waals surface area contributed by atoms with Gasteiger partial charge in [0.25, 0.3) is 0 Å². The topological polar surface area (TPSA) is 83.9 Å². The molecule has 3 heterocycles. The van der Waals surface area contributed by atoms with Gasteiger partial charge in [-0.3, -0.25) is 0 Å². The SMILES string of the molecule is CC(C)=C[C@H]1O[C@H]2[C@H]3C[C@@]34[C@H](CC[C@@]3(C)[C@@]4(O)[C@@H](O)C[C@H]4Cc5c([nH]c6ccccc56)[C@@]43C)O[C@@H]2C(C)(C)O1. The predicted molar refractivity (Wildman–Crippen MR) is 148 cm³/mol. The van der Waals surface area contributed by atoms with Crippen LogP contribution >= 0.6 is 0 Å². The van der Waals surface area contributed by atoms with Crippen LogP contribution in [0.25, 0.3) is 10.9 Å². The van der Waals surface area contributed by atoms with Crippen molar-refractivity contribution in [3.63, 3.8) is 0 Å². The molecule has 0 radical (unpaired) electrons. The number of ether oxygens (including phenoxy) is 3. The van der Waals surface area contributed by atoms with Crippen LogP contribution in [0.15, 0.2) is 35.9 Å². The molecule has 0 amide bonds. The summed E-state index contributed by atoms with van der Waals surface area (Å²) in [5.41, 5.74) is 1.86. The van der Waals surface area contributed by atoms with Crippen LogP contribution in [-0.4, -0.2) is 57.1 Å². The van der Waals surface area contributed by atoms with Crippen molar-refractivity contribution in [3.8, 4) is 0 Å². The summed E-state index contributed by atoms with van der Waals surface area (Å²) in [6.07, 6.45) is 4.35. The van der Waals surface area contributed by atoms with Gasteiger partial charge in [-0.1, -0.05) is 37.6 Å². The van der Waals surface area contributed by atoms with Crippen LogP contribution in [0.3, 0.4) is 0 Å². The Kier molecular flexibility index (Phi) is 4.74. The molecule has 3 saturated carbocycles. The van der Waals surface area contributed by atoms with E-state index >= 15 is 0 Å². The van der Waals surface area contributed by atoms with E-state index in [0.717, 1.165) is 31.3 Å². The number of aliphatic hydroxyl groups is 2. The fourth-order valence-electron chi connectivity index (χ4n) is 10.8. The Morgan fingerprint density at radius 3 is 2.64 bits per heavy atom. The van der Waals surface area contributed by atoms with Crippen molar-refractivity contribution in [1.29, 1.82) is 0 Å². The number of hydrogen-bond acceptors (Lipinski definition) is 5. The minimum atomic E-state index is -1.28. The lowest BCUT2D eigenvalue weighted by molar-refractivity contribution is -0.370. The number of para-hydroxylation sites is 1. The molecule has 11 atom stereocenters. The summed E-state index contributed by atoms with van der Waals surface area (Å²) in [5.74, 6) is 0.409. The maximum Gasteiger partial charge on any atom is 0.178 e. The molecule has 4 aliphatic carbocycles. The van der Waals surface area contributed by atoms with E-state index in [9.17, 15) is 10.2 Å². The van der Waals surface area contributed by atoms with Crippen LogP contribution in [0.5, 0.6) is 0 Å². The van der Waals surface area contributed by atoms with Gasteiger partial charge >= 0.3 is 0 Å². The number of rotatable bonds is 1. The van der Waals surface area contributed by atoms with Crippen molar-refractivity contribution < 1.29 is 24.4 Å². The number of nitrogens with one attached hydrogen (secondary N) is 1. The van der Waals surface area contributed by atoms with Crippen molar-refractivity contribution in [2.24, 2.45) is 22.7 Å². The number of benzene rings is 1. The van der Waals surface area contributed by atoms with Gasteiger partial charge in [0.05, 0.1) is 23.9 Å². The largest absolute Gasteiger partial charge is 0.390 e. The highest BCUT2D eigenvalue weighted by Crippen LogP contribution is 2.81. The first kappa shape index (κ1) is 25.0. The minimum Gasteiger partial charge on any atom is -0.390 e. The van der Waals surface area contributed by atoms with Gasteiger partial charge in [-0.25, -0.2) is 0 Å². The van der Waals surface area contributed by atoms with Gasteiger partial charge in [0.1, 0.15) is 11.7 Å². The standard InChI is InChI=1S/C33H43NO5/c1-17(2)13-25-38-26-21-16-32(21)24(37-28(26)29(3,4)39-25)11-12-30(5)31(6)18(15-23(35)33(30,32)36)14-20-19-9-7-8-10-22(19)34-27(20)31/h7-10,13,18,21,23-26,28,34-36H,11-12,14-16H2,1-6H3/t18-,21-,23+,24+,25+,26+,28+,30-,31-,32+,33+/m1/s1. The van der Waals surface area contributed by atoms with Gasteiger partial charge in [0.15, 0.2) is 6.29 Å². The van der Waals surface area contributed by atoms with Gasteiger partial charge in [-0.2, -0.15) is 0 Å². The first-order valence-electron chi connectivity index (χ1n) is 15.0. The van der Waals surface area contributed by atoms with Crippen LogP contribution in [0.4, 0.5) is 0 Å². The molecule has 5 fully saturated rings. The third-order valence-corrected chi connectivity index (χ3v) is 12.7. The Morgan fingerprint density at radius 1 is 1.10 bits per heavy atom. The molecular formula is C33H43NO5. The number of aromatic amines is 1. The molecule has 210 valence electrons. The van der Waals surface area contributed by atoms with E-state index in [1.54, 1.807) is 0 Å². The summed E-state index contributed by atoms with van der Waals surface area (Å²) in [4.78, 5) is 3.81. The quantitative estimate of drug-likeness (QED) is 0.442. The van der Waals surface area contributed by atoms with Crippen molar-refractivity contribution in [2.45, 2.75) is 121 Å². The molecule has 1 aromatic carbocycles. The molecule has 0 bridgehead atoms. The zero-order valence-electron chi connectivity index (χ0n) is 24.1. The molecule has 6 aliphatic rings. The second-order valence-corrected chi connectivity index (χ2v) is 14.8. The summed E-state index contributed by atoms with van der Waals surface area (Å²) in [5, 5.41) is 26.5. The zero-order chi connectivity index (χ0) is 27.3. The number of H-pyrrole nitrogens is 1. The number of aliphatic hydroxyl groups excluding tert-OH is 1. The predicted octanol–water partition coefficient (Wildman–Crippen LogP) is 5.15. The summed E-state index contributed by atoms with van der Waals surface area (Å²) >= 11 is 0.